The molecule has 106 valence electrons. The average molecular weight is 273 g/mol. The van der Waals surface area contributed by atoms with E-state index in [1.807, 2.05) is 31.2 Å². The van der Waals surface area contributed by atoms with Gasteiger partial charge >= 0.3 is 0 Å². The van der Waals surface area contributed by atoms with Gasteiger partial charge in [-0.15, -0.1) is 0 Å². The van der Waals surface area contributed by atoms with Gasteiger partial charge in [-0.05, 0) is 48.4 Å². The van der Waals surface area contributed by atoms with Crippen molar-refractivity contribution in [3.05, 3.63) is 65.0 Å². The van der Waals surface area contributed by atoms with Crippen LogP contribution in [-0.2, 0) is 0 Å². The minimum absolute atomic E-state index is 0.0604. The summed E-state index contributed by atoms with van der Waals surface area (Å²) in [6.07, 6.45) is 0. The maximum atomic E-state index is 13.1. The van der Waals surface area contributed by atoms with Gasteiger partial charge in [-0.2, -0.15) is 0 Å². The van der Waals surface area contributed by atoms with Gasteiger partial charge < -0.3 is 10.1 Å². The summed E-state index contributed by atoms with van der Waals surface area (Å²) in [6, 6.07) is 12.8. The molecular weight excluding hydrogens is 253 g/mol. The van der Waals surface area contributed by atoms with Crippen LogP contribution in [0, 0.1) is 12.7 Å². The molecule has 0 saturated heterocycles. The molecule has 1 atom stereocenters. The maximum Gasteiger partial charge on any atom is 0.123 e. The molecule has 0 saturated carbocycles. The van der Waals surface area contributed by atoms with E-state index in [1.165, 1.54) is 12.1 Å². The Morgan fingerprint density at radius 1 is 1.10 bits per heavy atom. The van der Waals surface area contributed by atoms with Crippen LogP contribution in [0.25, 0.3) is 0 Å². The van der Waals surface area contributed by atoms with Gasteiger partial charge in [0.2, 0.25) is 0 Å². The lowest BCUT2D eigenvalue weighted by atomic mass is 9.97. The smallest absolute Gasteiger partial charge is 0.123 e. The van der Waals surface area contributed by atoms with Crippen molar-refractivity contribution in [1.29, 1.82) is 0 Å². The van der Waals surface area contributed by atoms with Crippen molar-refractivity contribution < 1.29 is 9.13 Å². The third kappa shape index (κ3) is 3.17. The molecule has 20 heavy (non-hydrogen) atoms. The second kappa shape index (κ2) is 6.53. The Morgan fingerprint density at radius 3 is 2.30 bits per heavy atom. The van der Waals surface area contributed by atoms with Crippen LogP contribution in [0.4, 0.5) is 4.39 Å². The molecule has 0 aliphatic heterocycles. The predicted molar refractivity (Wildman–Crippen MR) is 79.7 cm³/mol. The summed E-state index contributed by atoms with van der Waals surface area (Å²) >= 11 is 0. The van der Waals surface area contributed by atoms with Crippen molar-refractivity contribution in [2.45, 2.75) is 19.9 Å². The van der Waals surface area contributed by atoms with E-state index in [1.54, 1.807) is 7.11 Å². The predicted octanol–water partition coefficient (Wildman–Crippen LogP) is 3.84. The molecule has 2 aromatic carbocycles. The largest absolute Gasteiger partial charge is 0.496 e. The number of aryl methyl sites for hydroxylation is 1. The molecule has 0 radical (unpaired) electrons. The summed E-state index contributed by atoms with van der Waals surface area (Å²) < 4.78 is 18.4. The fourth-order valence-electron chi connectivity index (χ4n) is 2.37. The van der Waals surface area contributed by atoms with E-state index in [4.69, 9.17) is 4.74 Å². The van der Waals surface area contributed by atoms with E-state index in [0.29, 0.717) is 0 Å². The van der Waals surface area contributed by atoms with Gasteiger partial charge in [0.25, 0.3) is 0 Å². The van der Waals surface area contributed by atoms with Crippen LogP contribution < -0.4 is 10.1 Å². The molecule has 0 fully saturated rings. The zero-order valence-electron chi connectivity index (χ0n) is 12.1. The molecule has 0 spiro atoms. The Morgan fingerprint density at radius 2 is 1.75 bits per heavy atom. The highest BCUT2D eigenvalue weighted by molar-refractivity contribution is 5.40. The highest BCUT2D eigenvalue weighted by atomic mass is 19.1. The fraction of sp³-hybridized carbons (Fsp3) is 0.294. The molecule has 0 aromatic heterocycles. The standard InChI is InChI=1S/C17H20FNO/c1-4-19-17(13-5-8-15(18)9-6-13)14-7-10-16(20-3)12(2)11-14/h5-11,17,19H,4H2,1-3H3. The van der Waals surface area contributed by atoms with Gasteiger partial charge in [-0.1, -0.05) is 31.2 Å². The highest BCUT2D eigenvalue weighted by Crippen LogP contribution is 2.27. The molecule has 0 bridgehead atoms. The average Bonchev–Trinajstić information content (AvgIpc) is 2.46. The summed E-state index contributed by atoms with van der Waals surface area (Å²) in [5.74, 6) is 0.665. The molecule has 2 aromatic rings. The molecular formula is C17H20FNO. The number of halogens is 1. The highest BCUT2D eigenvalue weighted by Gasteiger charge is 2.14. The van der Waals surface area contributed by atoms with Crippen LogP contribution in [-0.4, -0.2) is 13.7 Å². The Bertz CT molecular complexity index is 566. The molecule has 3 heteroatoms. The molecule has 0 amide bonds. The minimum Gasteiger partial charge on any atom is -0.496 e. The Balaban J connectivity index is 2.37. The van der Waals surface area contributed by atoms with Crippen LogP contribution in [0.15, 0.2) is 42.5 Å². The molecule has 2 rings (SSSR count). The second-order valence-corrected chi connectivity index (χ2v) is 4.77. The van der Waals surface area contributed by atoms with Crippen LogP contribution in [0.2, 0.25) is 0 Å². The van der Waals surface area contributed by atoms with Gasteiger partial charge in [0.15, 0.2) is 0 Å². The lowest BCUT2D eigenvalue weighted by Gasteiger charge is -2.20. The topological polar surface area (TPSA) is 21.3 Å². The molecule has 2 nitrogen and oxygen atoms in total. The van der Waals surface area contributed by atoms with Crippen molar-refractivity contribution in [2.75, 3.05) is 13.7 Å². The third-order valence-electron chi connectivity index (χ3n) is 3.36. The SMILES string of the molecule is CCNC(c1ccc(F)cc1)c1ccc(OC)c(C)c1. The summed E-state index contributed by atoms with van der Waals surface area (Å²) in [4.78, 5) is 0. The molecule has 1 unspecified atom stereocenters. The van der Waals surface area contributed by atoms with Crippen molar-refractivity contribution in [3.63, 3.8) is 0 Å². The van der Waals surface area contributed by atoms with Gasteiger partial charge in [-0.25, -0.2) is 4.39 Å². The monoisotopic (exact) mass is 273 g/mol. The molecule has 0 heterocycles. The van der Waals surface area contributed by atoms with Gasteiger partial charge in [0.05, 0.1) is 13.2 Å². The summed E-state index contributed by atoms with van der Waals surface area (Å²) in [5.41, 5.74) is 3.30. The second-order valence-electron chi connectivity index (χ2n) is 4.77. The van der Waals surface area contributed by atoms with Crippen molar-refractivity contribution in [2.24, 2.45) is 0 Å². The van der Waals surface area contributed by atoms with Crippen LogP contribution in [0.5, 0.6) is 5.75 Å². The molecule has 0 aliphatic rings. The summed E-state index contributed by atoms with van der Waals surface area (Å²) in [6.45, 7) is 4.93. The van der Waals surface area contributed by atoms with E-state index in [-0.39, 0.29) is 11.9 Å². The van der Waals surface area contributed by atoms with E-state index < -0.39 is 0 Å². The van der Waals surface area contributed by atoms with Crippen LogP contribution in [0.3, 0.4) is 0 Å². The van der Waals surface area contributed by atoms with Crippen LogP contribution >= 0.6 is 0 Å². The minimum atomic E-state index is -0.213. The zero-order chi connectivity index (χ0) is 14.5. The van der Waals surface area contributed by atoms with Crippen molar-refractivity contribution in [3.8, 4) is 5.75 Å². The lowest BCUT2D eigenvalue weighted by molar-refractivity contribution is 0.411. The summed E-state index contributed by atoms with van der Waals surface area (Å²) in [7, 11) is 1.67. The van der Waals surface area contributed by atoms with Crippen molar-refractivity contribution >= 4 is 0 Å². The van der Waals surface area contributed by atoms with Gasteiger partial charge in [-0.3, -0.25) is 0 Å². The first-order valence-corrected chi connectivity index (χ1v) is 6.79. The Kier molecular flexibility index (Phi) is 4.74. The van der Waals surface area contributed by atoms with Gasteiger partial charge in [0.1, 0.15) is 11.6 Å². The normalized spacial score (nSPS) is 12.2. The molecule has 0 aliphatic carbocycles. The number of hydrogen-bond donors (Lipinski definition) is 1. The number of benzene rings is 2. The van der Waals surface area contributed by atoms with E-state index in [2.05, 4.69) is 18.3 Å². The van der Waals surface area contributed by atoms with E-state index in [9.17, 15) is 4.39 Å². The summed E-state index contributed by atoms with van der Waals surface area (Å²) in [5, 5.41) is 3.44. The zero-order valence-corrected chi connectivity index (χ0v) is 12.1. The third-order valence-corrected chi connectivity index (χ3v) is 3.36. The molecule has 1 N–H and O–H groups in total. The number of hydrogen-bond acceptors (Lipinski definition) is 2. The first-order valence-electron chi connectivity index (χ1n) is 6.79. The Labute approximate surface area is 119 Å². The Hall–Kier alpha value is -1.87. The first-order chi connectivity index (χ1) is 9.65. The first kappa shape index (κ1) is 14.5. The van der Waals surface area contributed by atoms with E-state index >= 15 is 0 Å². The van der Waals surface area contributed by atoms with Gasteiger partial charge in [0, 0.05) is 0 Å². The number of nitrogens with one attached hydrogen (secondary N) is 1. The van der Waals surface area contributed by atoms with E-state index in [0.717, 1.165) is 29.0 Å². The maximum absolute atomic E-state index is 13.1. The number of methoxy groups -OCH3 is 1. The van der Waals surface area contributed by atoms with Crippen LogP contribution in [0.1, 0.15) is 29.7 Å². The quantitative estimate of drug-likeness (QED) is 0.893. The number of rotatable bonds is 5. The fourth-order valence-corrected chi connectivity index (χ4v) is 2.37. The lowest BCUT2D eigenvalue weighted by Crippen LogP contribution is -2.22. The number of ether oxygens (including phenoxy) is 1. The van der Waals surface area contributed by atoms with Crippen molar-refractivity contribution in [1.82, 2.24) is 5.32 Å².